The van der Waals surface area contributed by atoms with E-state index >= 15 is 0 Å². The fourth-order valence-electron chi connectivity index (χ4n) is 3.76. The predicted octanol–water partition coefficient (Wildman–Crippen LogP) is 7.81. The quantitative estimate of drug-likeness (QED) is 0.310. The summed E-state index contributed by atoms with van der Waals surface area (Å²) in [7, 11) is 0. The van der Waals surface area contributed by atoms with E-state index in [0.29, 0.717) is 0 Å². The fraction of sp³-hybridized carbons (Fsp3) is 0.0690. The Morgan fingerprint density at radius 2 is 1.20 bits per heavy atom. The molecule has 1 nitrogen and oxygen atoms in total. The summed E-state index contributed by atoms with van der Waals surface area (Å²) < 4.78 is 0. The van der Waals surface area contributed by atoms with Crippen molar-refractivity contribution in [3.05, 3.63) is 126 Å². The Hall–Kier alpha value is -3.71. The monoisotopic (exact) mass is 387 g/mol. The maximum absolute atomic E-state index is 4.94. The van der Waals surface area contributed by atoms with Crippen molar-refractivity contribution in [2.24, 2.45) is 4.99 Å². The normalized spacial score (nSPS) is 11.3. The number of hydrogen-bond acceptors (Lipinski definition) is 1. The van der Waals surface area contributed by atoms with Gasteiger partial charge in [-0.3, -0.25) is 4.99 Å². The number of rotatable bonds is 5. The number of aryl methyl sites for hydroxylation is 1. The number of nitrogens with zero attached hydrogens (tertiary/aromatic N) is 1. The summed E-state index contributed by atoms with van der Waals surface area (Å²) in [6.07, 6.45) is 0. The molecule has 0 aliphatic carbocycles. The van der Waals surface area contributed by atoms with Gasteiger partial charge in [0.1, 0.15) is 0 Å². The second-order valence-corrected chi connectivity index (χ2v) is 7.47. The first-order chi connectivity index (χ1) is 14.6. The number of benzene rings is 4. The van der Waals surface area contributed by atoms with Crippen molar-refractivity contribution in [3.8, 4) is 22.3 Å². The average molecular weight is 388 g/mol. The van der Waals surface area contributed by atoms with Crippen LogP contribution in [-0.2, 0) is 0 Å². The summed E-state index contributed by atoms with van der Waals surface area (Å²) in [5, 5.41) is 0. The molecule has 0 heterocycles. The second-order valence-electron chi connectivity index (χ2n) is 7.47. The molecule has 0 radical (unpaired) electrons. The Morgan fingerprint density at radius 3 is 1.87 bits per heavy atom. The summed E-state index contributed by atoms with van der Waals surface area (Å²) in [5.41, 5.74) is 9.84. The fourth-order valence-corrected chi connectivity index (χ4v) is 3.76. The first-order valence-electron chi connectivity index (χ1n) is 10.2. The van der Waals surface area contributed by atoms with Crippen molar-refractivity contribution in [1.82, 2.24) is 0 Å². The predicted molar refractivity (Wildman–Crippen MR) is 130 cm³/mol. The zero-order valence-corrected chi connectivity index (χ0v) is 17.5. The minimum Gasteiger partial charge on any atom is -0.253 e. The summed E-state index contributed by atoms with van der Waals surface area (Å²) in [6, 6.07) is 35.7. The minimum atomic E-state index is 0.772. The van der Waals surface area contributed by atoms with Gasteiger partial charge in [0.25, 0.3) is 0 Å². The van der Waals surface area contributed by atoms with Gasteiger partial charge in [0, 0.05) is 16.8 Å². The molecule has 0 fully saturated rings. The molecule has 0 unspecified atom stereocenters. The van der Waals surface area contributed by atoms with Gasteiger partial charge in [-0.25, -0.2) is 0 Å². The van der Waals surface area contributed by atoms with Crippen molar-refractivity contribution < 1.29 is 0 Å². The van der Waals surface area contributed by atoms with Crippen LogP contribution in [-0.4, -0.2) is 5.71 Å². The molecule has 0 aromatic heterocycles. The molecule has 4 rings (SSSR count). The van der Waals surface area contributed by atoms with Crippen LogP contribution in [0.3, 0.4) is 0 Å². The van der Waals surface area contributed by atoms with Crippen LogP contribution in [0.2, 0.25) is 0 Å². The van der Waals surface area contributed by atoms with E-state index in [1.165, 1.54) is 22.3 Å². The van der Waals surface area contributed by atoms with Crippen LogP contribution in [0, 0.1) is 6.92 Å². The first-order valence-corrected chi connectivity index (χ1v) is 10.2. The molecule has 4 aromatic carbocycles. The van der Waals surface area contributed by atoms with E-state index < -0.39 is 0 Å². The largest absolute Gasteiger partial charge is 0.253 e. The molecule has 0 atom stereocenters. The third-order valence-electron chi connectivity index (χ3n) is 5.28. The highest BCUT2D eigenvalue weighted by Crippen LogP contribution is 2.31. The van der Waals surface area contributed by atoms with Crippen LogP contribution in [0.5, 0.6) is 0 Å². The van der Waals surface area contributed by atoms with E-state index in [1.54, 1.807) is 0 Å². The van der Waals surface area contributed by atoms with Crippen molar-refractivity contribution in [2.45, 2.75) is 13.8 Å². The van der Waals surface area contributed by atoms with Gasteiger partial charge in [0.05, 0.1) is 5.70 Å². The zero-order chi connectivity index (χ0) is 20.9. The molecular formula is C29H25N. The van der Waals surface area contributed by atoms with Gasteiger partial charge in [-0.15, -0.1) is 0 Å². The molecule has 4 aromatic rings. The van der Waals surface area contributed by atoms with Crippen LogP contribution >= 0.6 is 0 Å². The van der Waals surface area contributed by atoms with E-state index in [-0.39, 0.29) is 0 Å². The molecule has 1 heteroatoms. The van der Waals surface area contributed by atoms with Gasteiger partial charge in [-0.05, 0) is 36.1 Å². The van der Waals surface area contributed by atoms with Crippen molar-refractivity contribution in [1.29, 1.82) is 0 Å². The van der Waals surface area contributed by atoms with Gasteiger partial charge in [0.15, 0.2) is 0 Å². The molecule has 0 saturated carbocycles. The Kier molecular flexibility index (Phi) is 5.72. The summed E-state index contributed by atoms with van der Waals surface area (Å²) in [4.78, 5) is 4.94. The van der Waals surface area contributed by atoms with Gasteiger partial charge in [0.2, 0.25) is 0 Å². The van der Waals surface area contributed by atoms with E-state index in [0.717, 1.165) is 28.1 Å². The Bertz CT molecular complexity index is 1200. The van der Waals surface area contributed by atoms with Gasteiger partial charge in [-0.2, -0.15) is 0 Å². The molecule has 0 amide bonds. The van der Waals surface area contributed by atoms with E-state index in [1.807, 2.05) is 12.1 Å². The Balaban J connectivity index is 1.75. The number of hydrogen-bond donors (Lipinski definition) is 0. The molecule has 146 valence electrons. The number of aliphatic imine (C=N–C) groups is 1. The van der Waals surface area contributed by atoms with E-state index in [2.05, 4.69) is 111 Å². The summed E-state index contributed by atoms with van der Waals surface area (Å²) >= 11 is 0. The molecule has 0 aliphatic rings. The average Bonchev–Trinajstić information content (AvgIpc) is 2.80. The zero-order valence-electron chi connectivity index (χ0n) is 17.5. The minimum absolute atomic E-state index is 0.772. The van der Waals surface area contributed by atoms with Gasteiger partial charge in [-0.1, -0.05) is 115 Å². The van der Waals surface area contributed by atoms with Gasteiger partial charge < -0.3 is 0 Å². The summed E-state index contributed by atoms with van der Waals surface area (Å²) in [5.74, 6) is 0. The Labute approximate surface area is 179 Å². The smallest absolute Gasteiger partial charge is 0.0639 e. The molecule has 0 aliphatic heterocycles. The first kappa shape index (κ1) is 19.6. The molecule has 0 saturated heterocycles. The molecule has 0 spiro atoms. The third-order valence-corrected chi connectivity index (χ3v) is 5.28. The lowest BCUT2D eigenvalue weighted by Gasteiger charge is -2.13. The highest BCUT2D eigenvalue weighted by atomic mass is 14.8. The lowest BCUT2D eigenvalue weighted by Crippen LogP contribution is -1.99. The van der Waals surface area contributed by atoms with Gasteiger partial charge >= 0.3 is 0 Å². The van der Waals surface area contributed by atoms with E-state index in [9.17, 15) is 0 Å². The van der Waals surface area contributed by atoms with Crippen LogP contribution in [0.25, 0.3) is 28.0 Å². The molecule has 0 N–H and O–H groups in total. The van der Waals surface area contributed by atoms with Crippen LogP contribution < -0.4 is 0 Å². The Morgan fingerprint density at radius 1 is 0.633 bits per heavy atom. The van der Waals surface area contributed by atoms with E-state index in [4.69, 9.17) is 4.99 Å². The lowest BCUT2D eigenvalue weighted by molar-refractivity contribution is 1.42. The maximum atomic E-state index is 4.94. The summed E-state index contributed by atoms with van der Waals surface area (Å²) in [6.45, 7) is 8.49. The highest BCUT2D eigenvalue weighted by molar-refractivity contribution is 6.07. The van der Waals surface area contributed by atoms with Crippen LogP contribution in [0.4, 0.5) is 0 Å². The van der Waals surface area contributed by atoms with Crippen molar-refractivity contribution in [2.75, 3.05) is 0 Å². The van der Waals surface area contributed by atoms with Crippen molar-refractivity contribution in [3.63, 3.8) is 0 Å². The molecule has 30 heavy (non-hydrogen) atoms. The lowest BCUT2D eigenvalue weighted by atomic mass is 9.95. The highest BCUT2D eigenvalue weighted by Gasteiger charge is 2.11. The SMILES string of the molecule is C=C(/N=C(\C)c1ccccc1-c1ccccc1)c1ccc(C)cc1-c1ccccc1. The van der Waals surface area contributed by atoms with Crippen LogP contribution in [0.1, 0.15) is 23.6 Å². The standard InChI is InChI=1S/C29H25N/c1-21-18-19-27(29(20-21)25-14-8-5-9-15-25)23(3)30-22(2)26-16-10-11-17-28(26)24-12-6-4-7-13-24/h4-20H,3H2,1-2H3/b30-22+. The topological polar surface area (TPSA) is 12.4 Å². The third kappa shape index (κ3) is 4.16. The van der Waals surface area contributed by atoms with Crippen molar-refractivity contribution >= 4 is 11.4 Å². The molecular weight excluding hydrogens is 362 g/mol. The maximum Gasteiger partial charge on any atom is 0.0639 e. The van der Waals surface area contributed by atoms with Crippen LogP contribution in [0.15, 0.2) is 115 Å². The molecule has 0 bridgehead atoms. The second kappa shape index (κ2) is 8.75.